The Labute approximate surface area is 88.7 Å². The monoisotopic (exact) mass is 206 g/mol. The summed E-state index contributed by atoms with van der Waals surface area (Å²) in [5.41, 5.74) is 1.24. The van der Waals surface area contributed by atoms with E-state index >= 15 is 0 Å². The maximum Gasteiger partial charge on any atom is 0.336 e. The molecule has 0 aliphatic rings. The minimum atomic E-state index is -1.05. The lowest BCUT2D eigenvalue weighted by Gasteiger charge is -2.06. The summed E-state index contributed by atoms with van der Waals surface area (Å²) in [6.07, 6.45) is 3.37. The van der Waals surface area contributed by atoms with E-state index in [0.717, 1.165) is 24.8 Å². The Morgan fingerprint density at radius 3 is 2.73 bits per heavy atom. The summed E-state index contributed by atoms with van der Waals surface area (Å²) in [6, 6.07) is 4.95. The number of unbranched alkanes of at least 4 members (excludes halogenated alkanes) is 1. The van der Waals surface area contributed by atoms with E-state index in [1.165, 1.54) is 6.07 Å². The number of hydrogen-bond acceptors (Lipinski definition) is 2. The van der Waals surface area contributed by atoms with Crippen LogP contribution in [0, 0.1) is 0 Å². The van der Waals surface area contributed by atoms with Crippen LogP contribution in [0.3, 0.4) is 0 Å². The van der Waals surface area contributed by atoms with Crippen LogP contribution in [0.25, 0.3) is 0 Å². The Balaban J connectivity index is 3.10. The van der Waals surface area contributed by atoms with Crippen LogP contribution in [0.4, 0.5) is 0 Å². The molecule has 3 nitrogen and oxygen atoms in total. The molecule has 1 N–H and O–H groups in total. The van der Waals surface area contributed by atoms with Crippen LogP contribution in [-0.4, -0.2) is 17.4 Å². The third kappa shape index (κ3) is 2.65. The van der Waals surface area contributed by atoms with Crippen LogP contribution in [-0.2, 0) is 6.42 Å². The third-order valence-corrected chi connectivity index (χ3v) is 2.34. The first-order valence-corrected chi connectivity index (χ1v) is 5.01. The van der Waals surface area contributed by atoms with Crippen LogP contribution in [0.15, 0.2) is 18.2 Å². The van der Waals surface area contributed by atoms with Gasteiger partial charge in [-0.2, -0.15) is 0 Å². The van der Waals surface area contributed by atoms with Crippen molar-refractivity contribution >= 4 is 12.3 Å². The van der Waals surface area contributed by atoms with Gasteiger partial charge in [0.05, 0.1) is 5.56 Å². The van der Waals surface area contributed by atoms with Crippen LogP contribution < -0.4 is 0 Å². The third-order valence-electron chi connectivity index (χ3n) is 2.34. The summed E-state index contributed by atoms with van der Waals surface area (Å²) in [6.45, 7) is 2.06. The van der Waals surface area contributed by atoms with Crippen molar-refractivity contribution in [2.75, 3.05) is 0 Å². The highest BCUT2D eigenvalue weighted by atomic mass is 16.4. The average molecular weight is 206 g/mol. The normalized spacial score (nSPS) is 9.93. The Hall–Kier alpha value is -1.64. The van der Waals surface area contributed by atoms with Gasteiger partial charge in [0, 0.05) is 5.56 Å². The van der Waals surface area contributed by atoms with E-state index in [0.29, 0.717) is 11.8 Å². The summed E-state index contributed by atoms with van der Waals surface area (Å²) < 4.78 is 0. The van der Waals surface area contributed by atoms with E-state index in [9.17, 15) is 9.59 Å². The first-order valence-electron chi connectivity index (χ1n) is 5.01. The first kappa shape index (κ1) is 11.4. The van der Waals surface area contributed by atoms with E-state index in [1.54, 1.807) is 6.07 Å². The number of aromatic carboxylic acids is 1. The van der Waals surface area contributed by atoms with Gasteiger partial charge < -0.3 is 5.11 Å². The molecule has 0 amide bonds. The summed E-state index contributed by atoms with van der Waals surface area (Å²) >= 11 is 0. The fourth-order valence-corrected chi connectivity index (χ4v) is 1.52. The highest BCUT2D eigenvalue weighted by Gasteiger charge is 2.12. The van der Waals surface area contributed by atoms with Gasteiger partial charge in [-0.1, -0.05) is 25.5 Å². The molecule has 0 unspecified atom stereocenters. The number of carbonyl (C=O) groups is 2. The van der Waals surface area contributed by atoms with Gasteiger partial charge in [0.15, 0.2) is 6.29 Å². The smallest absolute Gasteiger partial charge is 0.336 e. The second-order valence-electron chi connectivity index (χ2n) is 3.40. The molecule has 0 atom stereocenters. The maximum atomic E-state index is 10.9. The van der Waals surface area contributed by atoms with Crippen molar-refractivity contribution in [2.45, 2.75) is 26.2 Å². The molecule has 0 aliphatic carbocycles. The number of aldehydes is 1. The number of carboxylic acids is 1. The molecule has 1 rings (SSSR count). The van der Waals surface area contributed by atoms with Gasteiger partial charge in [0.25, 0.3) is 0 Å². The maximum absolute atomic E-state index is 10.9. The summed E-state index contributed by atoms with van der Waals surface area (Å²) in [5, 5.41) is 8.89. The quantitative estimate of drug-likeness (QED) is 0.753. The zero-order valence-corrected chi connectivity index (χ0v) is 8.69. The lowest BCUT2D eigenvalue weighted by molar-refractivity contribution is 0.0694. The van der Waals surface area contributed by atoms with Crippen LogP contribution >= 0.6 is 0 Å². The molecule has 1 aromatic rings. The minimum absolute atomic E-state index is 0.0959. The van der Waals surface area contributed by atoms with Crippen LogP contribution in [0.5, 0.6) is 0 Å². The number of hydrogen-bond donors (Lipinski definition) is 1. The Bertz CT molecular complexity index is 369. The zero-order valence-electron chi connectivity index (χ0n) is 8.69. The number of benzene rings is 1. The van der Waals surface area contributed by atoms with Gasteiger partial charge >= 0.3 is 5.97 Å². The van der Waals surface area contributed by atoms with Crippen molar-refractivity contribution in [3.8, 4) is 0 Å². The van der Waals surface area contributed by atoms with Crippen LogP contribution in [0.1, 0.15) is 46.0 Å². The van der Waals surface area contributed by atoms with E-state index < -0.39 is 5.97 Å². The molecule has 0 fully saturated rings. The van der Waals surface area contributed by atoms with Crippen molar-refractivity contribution in [1.29, 1.82) is 0 Å². The largest absolute Gasteiger partial charge is 0.478 e. The predicted octanol–water partition coefficient (Wildman–Crippen LogP) is 2.54. The van der Waals surface area contributed by atoms with Gasteiger partial charge in [-0.05, 0) is 24.5 Å². The van der Waals surface area contributed by atoms with Crippen molar-refractivity contribution in [3.05, 3.63) is 34.9 Å². The molecule has 0 saturated carbocycles. The van der Waals surface area contributed by atoms with E-state index in [2.05, 4.69) is 6.92 Å². The standard InChI is InChI=1S/C12H14O3/c1-2-3-5-9-6-4-7-10(12(14)15)11(9)8-13/h4,6-8H,2-3,5H2,1H3,(H,14,15). The molecule has 0 aliphatic heterocycles. The molecule has 0 heterocycles. The number of aryl methyl sites for hydroxylation is 1. The van der Waals surface area contributed by atoms with Crippen molar-refractivity contribution in [2.24, 2.45) is 0 Å². The Morgan fingerprint density at radius 2 is 2.20 bits per heavy atom. The SMILES string of the molecule is CCCCc1cccc(C(=O)O)c1C=O. The molecule has 15 heavy (non-hydrogen) atoms. The topological polar surface area (TPSA) is 54.4 Å². The summed E-state index contributed by atoms with van der Waals surface area (Å²) in [4.78, 5) is 21.7. The van der Waals surface area contributed by atoms with Gasteiger partial charge in [-0.15, -0.1) is 0 Å². The van der Waals surface area contributed by atoms with Crippen LogP contribution in [0.2, 0.25) is 0 Å². The highest BCUT2D eigenvalue weighted by Crippen LogP contribution is 2.15. The minimum Gasteiger partial charge on any atom is -0.478 e. The number of carboxylic acid groups (broad SMARTS) is 1. The summed E-state index contributed by atoms with van der Waals surface area (Å²) in [7, 11) is 0. The number of carbonyl (C=O) groups excluding carboxylic acids is 1. The zero-order chi connectivity index (χ0) is 11.3. The van der Waals surface area contributed by atoms with E-state index in [4.69, 9.17) is 5.11 Å². The van der Waals surface area contributed by atoms with Crippen molar-refractivity contribution in [3.63, 3.8) is 0 Å². The molecular formula is C12H14O3. The molecule has 0 radical (unpaired) electrons. The van der Waals surface area contributed by atoms with Gasteiger partial charge in [0.2, 0.25) is 0 Å². The lowest BCUT2D eigenvalue weighted by atomic mass is 9.98. The molecule has 0 saturated heterocycles. The second-order valence-corrected chi connectivity index (χ2v) is 3.40. The fraction of sp³-hybridized carbons (Fsp3) is 0.333. The van der Waals surface area contributed by atoms with Crippen molar-refractivity contribution in [1.82, 2.24) is 0 Å². The predicted molar refractivity (Wildman–Crippen MR) is 57.4 cm³/mol. The Morgan fingerprint density at radius 1 is 1.47 bits per heavy atom. The van der Waals surface area contributed by atoms with Gasteiger partial charge in [0.1, 0.15) is 0 Å². The molecule has 0 spiro atoms. The molecule has 80 valence electrons. The lowest BCUT2D eigenvalue weighted by Crippen LogP contribution is -2.05. The molecule has 1 aromatic carbocycles. The van der Waals surface area contributed by atoms with Crippen molar-refractivity contribution < 1.29 is 14.7 Å². The van der Waals surface area contributed by atoms with Gasteiger partial charge in [-0.3, -0.25) is 4.79 Å². The van der Waals surface area contributed by atoms with E-state index in [1.807, 2.05) is 6.07 Å². The number of rotatable bonds is 5. The fourth-order valence-electron chi connectivity index (χ4n) is 1.52. The molecule has 0 aromatic heterocycles. The summed E-state index contributed by atoms with van der Waals surface area (Å²) in [5.74, 6) is -1.05. The average Bonchev–Trinajstić information content (AvgIpc) is 2.25. The highest BCUT2D eigenvalue weighted by molar-refractivity contribution is 5.98. The second kappa shape index (κ2) is 5.29. The molecule has 0 bridgehead atoms. The molecular weight excluding hydrogens is 192 g/mol. The van der Waals surface area contributed by atoms with Gasteiger partial charge in [-0.25, -0.2) is 4.79 Å². The molecule has 3 heteroatoms. The Kier molecular flexibility index (Phi) is 4.03. The van der Waals surface area contributed by atoms with E-state index in [-0.39, 0.29) is 5.56 Å². The first-order chi connectivity index (χ1) is 7.20.